The third-order valence-corrected chi connectivity index (χ3v) is 1.18. The summed E-state index contributed by atoms with van der Waals surface area (Å²) in [5, 5.41) is 0. The molecule has 0 N–H and O–H groups in total. The highest BCUT2D eigenvalue weighted by Gasteiger charge is 1.83. The van der Waals surface area contributed by atoms with Crippen molar-refractivity contribution in [2.45, 2.75) is 19.8 Å². The first-order chi connectivity index (χ1) is 3.91. The first kappa shape index (κ1) is 8.31. The Morgan fingerprint density at radius 3 is 2.62 bits per heavy atom. The van der Waals surface area contributed by atoms with Gasteiger partial charge >= 0.3 is 0 Å². The molecular weight excluding hydrogens is 120 g/mol. The summed E-state index contributed by atoms with van der Waals surface area (Å²) in [7, 11) is 0. The Labute approximate surface area is 56.8 Å². The molecule has 1 nitrogen and oxygen atoms in total. The summed E-state index contributed by atoms with van der Waals surface area (Å²) in [6.07, 6.45) is 2.24. The summed E-state index contributed by atoms with van der Waals surface area (Å²) in [5.41, 5.74) is 0. The van der Waals surface area contributed by atoms with Crippen molar-refractivity contribution in [2.24, 2.45) is 0 Å². The van der Waals surface area contributed by atoms with Gasteiger partial charge in [0, 0.05) is 19.0 Å². The molecule has 0 saturated heterocycles. The lowest BCUT2D eigenvalue weighted by molar-refractivity contribution is 0.144. The third kappa shape index (κ3) is 6.31. The molecule has 8 heavy (non-hydrogen) atoms. The van der Waals surface area contributed by atoms with Crippen molar-refractivity contribution in [3.63, 3.8) is 0 Å². The summed E-state index contributed by atoms with van der Waals surface area (Å²) in [6.45, 7) is 3.72. The molecule has 0 aromatic rings. The Kier molecular flexibility index (Phi) is 7.59. The maximum Gasteiger partial charge on any atom is 0.0466 e. The van der Waals surface area contributed by atoms with Gasteiger partial charge in [0.1, 0.15) is 0 Å². The van der Waals surface area contributed by atoms with Gasteiger partial charge in [0.2, 0.25) is 0 Å². The third-order valence-electron chi connectivity index (χ3n) is 0.887. The standard InChI is InChI=1S/C6H13OS/c1-2-7-5-3-4-6-8/h2-6H2,1H3. The van der Waals surface area contributed by atoms with E-state index in [2.05, 4.69) is 0 Å². The van der Waals surface area contributed by atoms with E-state index in [-0.39, 0.29) is 0 Å². The van der Waals surface area contributed by atoms with Gasteiger partial charge < -0.3 is 4.74 Å². The van der Waals surface area contributed by atoms with E-state index >= 15 is 0 Å². The fraction of sp³-hybridized carbons (Fsp3) is 1.00. The zero-order valence-corrected chi connectivity index (χ0v) is 6.17. The lowest BCUT2D eigenvalue weighted by Crippen LogP contribution is -1.92. The summed E-state index contributed by atoms with van der Waals surface area (Å²) in [5.74, 6) is 0.868. The number of rotatable bonds is 5. The Bertz CT molecular complexity index is 33.5. The average molecular weight is 133 g/mol. The largest absolute Gasteiger partial charge is 0.382 e. The van der Waals surface area contributed by atoms with E-state index < -0.39 is 0 Å². The van der Waals surface area contributed by atoms with E-state index in [9.17, 15) is 0 Å². The molecule has 0 amide bonds. The zero-order chi connectivity index (χ0) is 6.24. The monoisotopic (exact) mass is 133 g/mol. The normalized spacial score (nSPS) is 9.75. The molecule has 0 aromatic carbocycles. The van der Waals surface area contributed by atoms with Crippen LogP contribution in [0.1, 0.15) is 19.8 Å². The summed E-state index contributed by atoms with van der Waals surface area (Å²) >= 11 is 4.75. The minimum atomic E-state index is 0.831. The van der Waals surface area contributed by atoms with Crippen molar-refractivity contribution in [1.82, 2.24) is 0 Å². The van der Waals surface area contributed by atoms with Crippen LogP contribution in [0.15, 0.2) is 0 Å². The van der Waals surface area contributed by atoms with Gasteiger partial charge in [-0.3, -0.25) is 0 Å². The van der Waals surface area contributed by atoms with Crippen molar-refractivity contribution in [3.8, 4) is 0 Å². The van der Waals surface area contributed by atoms with Crippen molar-refractivity contribution < 1.29 is 4.74 Å². The van der Waals surface area contributed by atoms with E-state index in [0.717, 1.165) is 31.8 Å². The van der Waals surface area contributed by atoms with Crippen molar-refractivity contribution in [1.29, 1.82) is 0 Å². The molecule has 49 valence electrons. The highest BCUT2D eigenvalue weighted by atomic mass is 32.1. The van der Waals surface area contributed by atoms with Gasteiger partial charge in [-0.1, -0.05) is 12.6 Å². The number of hydrogen-bond acceptors (Lipinski definition) is 1. The Hall–Kier alpha value is 0.310. The molecule has 0 spiro atoms. The smallest absolute Gasteiger partial charge is 0.0466 e. The van der Waals surface area contributed by atoms with E-state index in [4.69, 9.17) is 17.4 Å². The molecule has 0 aliphatic carbocycles. The van der Waals surface area contributed by atoms with Crippen LogP contribution < -0.4 is 0 Å². The van der Waals surface area contributed by atoms with E-state index in [1.807, 2.05) is 6.92 Å². The first-order valence-electron chi connectivity index (χ1n) is 3.07. The van der Waals surface area contributed by atoms with Gasteiger partial charge in [0.15, 0.2) is 0 Å². The fourth-order valence-electron chi connectivity index (χ4n) is 0.451. The zero-order valence-electron chi connectivity index (χ0n) is 5.35. The molecule has 0 aromatic heterocycles. The van der Waals surface area contributed by atoms with Gasteiger partial charge in [-0.05, 0) is 19.8 Å². The summed E-state index contributed by atoms with van der Waals surface area (Å²) in [6, 6.07) is 0. The average Bonchev–Trinajstić information content (AvgIpc) is 1.81. The van der Waals surface area contributed by atoms with Crippen LogP contribution in [0.5, 0.6) is 0 Å². The van der Waals surface area contributed by atoms with Crippen LogP contribution in [0.2, 0.25) is 0 Å². The van der Waals surface area contributed by atoms with Crippen LogP contribution in [0.4, 0.5) is 0 Å². The summed E-state index contributed by atoms with van der Waals surface area (Å²) < 4.78 is 5.09. The maximum absolute atomic E-state index is 5.09. The predicted molar refractivity (Wildman–Crippen MR) is 38.2 cm³/mol. The summed E-state index contributed by atoms with van der Waals surface area (Å²) in [4.78, 5) is 0. The number of ether oxygens (including phenoxy) is 1. The van der Waals surface area contributed by atoms with Crippen LogP contribution in [-0.2, 0) is 4.74 Å². The molecule has 0 fully saturated rings. The fourth-order valence-corrected chi connectivity index (χ4v) is 0.655. The van der Waals surface area contributed by atoms with Crippen molar-refractivity contribution in [2.75, 3.05) is 19.0 Å². The minimum Gasteiger partial charge on any atom is -0.382 e. The molecule has 0 aliphatic heterocycles. The lowest BCUT2D eigenvalue weighted by atomic mass is 10.4. The predicted octanol–water partition coefficient (Wildman–Crippen LogP) is 2.00. The molecule has 0 saturated carbocycles. The number of unbranched alkanes of at least 4 members (excludes halogenated alkanes) is 1. The van der Waals surface area contributed by atoms with Gasteiger partial charge in [-0.2, -0.15) is 0 Å². The quantitative estimate of drug-likeness (QED) is 0.521. The highest BCUT2D eigenvalue weighted by molar-refractivity contribution is 7.80. The van der Waals surface area contributed by atoms with Crippen LogP contribution in [0, 0.1) is 0 Å². The topological polar surface area (TPSA) is 9.23 Å². The minimum absolute atomic E-state index is 0.831. The van der Waals surface area contributed by atoms with Crippen LogP contribution >= 0.6 is 12.6 Å². The molecule has 1 radical (unpaired) electrons. The van der Waals surface area contributed by atoms with Gasteiger partial charge in [0.05, 0.1) is 0 Å². The van der Waals surface area contributed by atoms with Crippen molar-refractivity contribution >= 4 is 12.6 Å². The lowest BCUT2D eigenvalue weighted by Gasteiger charge is -1.96. The molecule has 0 atom stereocenters. The number of hydrogen-bond donors (Lipinski definition) is 0. The Morgan fingerprint density at radius 2 is 2.12 bits per heavy atom. The maximum atomic E-state index is 5.09. The second-order valence-corrected chi connectivity index (χ2v) is 2.02. The van der Waals surface area contributed by atoms with Crippen molar-refractivity contribution in [3.05, 3.63) is 0 Å². The molecule has 2 heteroatoms. The van der Waals surface area contributed by atoms with E-state index in [1.165, 1.54) is 0 Å². The molecular formula is C6H13OS. The SMILES string of the molecule is CCOCCCC[S]. The molecule has 0 heterocycles. The molecule has 0 rings (SSSR count). The Morgan fingerprint density at radius 1 is 1.38 bits per heavy atom. The van der Waals surface area contributed by atoms with E-state index in [1.54, 1.807) is 0 Å². The highest BCUT2D eigenvalue weighted by Crippen LogP contribution is 1.90. The van der Waals surface area contributed by atoms with Gasteiger partial charge in [-0.15, -0.1) is 0 Å². The van der Waals surface area contributed by atoms with Gasteiger partial charge in [-0.25, -0.2) is 0 Å². The molecule has 0 bridgehead atoms. The van der Waals surface area contributed by atoms with E-state index in [0.29, 0.717) is 0 Å². The Balaban J connectivity index is 2.53. The molecule has 0 aliphatic rings. The first-order valence-corrected chi connectivity index (χ1v) is 3.65. The van der Waals surface area contributed by atoms with Gasteiger partial charge in [0.25, 0.3) is 0 Å². The molecule has 0 unspecified atom stereocenters. The van der Waals surface area contributed by atoms with Crippen LogP contribution in [0.25, 0.3) is 0 Å². The van der Waals surface area contributed by atoms with Crippen LogP contribution in [-0.4, -0.2) is 19.0 Å². The second kappa shape index (κ2) is 7.31. The second-order valence-electron chi connectivity index (χ2n) is 1.61. The van der Waals surface area contributed by atoms with Crippen LogP contribution in [0.3, 0.4) is 0 Å².